The summed E-state index contributed by atoms with van der Waals surface area (Å²) in [5.41, 5.74) is 2.07. The van der Waals surface area contributed by atoms with Crippen LogP contribution in [-0.4, -0.2) is 37.0 Å². The number of benzene rings is 1. The quantitative estimate of drug-likeness (QED) is 0.930. The van der Waals surface area contributed by atoms with Gasteiger partial charge >= 0.3 is 0 Å². The number of piperidine rings is 1. The number of nitrogens with zero attached hydrogens (tertiary/aromatic N) is 1. The van der Waals surface area contributed by atoms with E-state index in [1.165, 1.54) is 5.56 Å². The van der Waals surface area contributed by atoms with Gasteiger partial charge in [-0.15, -0.1) is 12.4 Å². The summed E-state index contributed by atoms with van der Waals surface area (Å²) in [6, 6.07) is 8.34. The van der Waals surface area contributed by atoms with Crippen LogP contribution in [0.15, 0.2) is 24.3 Å². The van der Waals surface area contributed by atoms with Crippen LogP contribution in [0.2, 0.25) is 0 Å². The van der Waals surface area contributed by atoms with Crippen LogP contribution in [-0.2, 0) is 0 Å². The van der Waals surface area contributed by atoms with Crippen molar-refractivity contribution in [2.45, 2.75) is 38.6 Å². The zero-order valence-corrected chi connectivity index (χ0v) is 13.4. The number of carbonyl (C=O) groups excluding carboxylic acids is 1. The molecule has 1 aliphatic rings. The minimum absolute atomic E-state index is 0. The van der Waals surface area contributed by atoms with Crippen molar-refractivity contribution in [3.05, 3.63) is 35.4 Å². The van der Waals surface area contributed by atoms with Gasteiger partial charge in [-0.05, 0) is 43.0 Å². The van der Waals surface area contributed by atoms with Crippen molar-refractivity contribution in [2.75, 3.05) is 20.1 Å². The Labute approximate surface area is 128 Å². The summed E-state index contributed by atoms with van der Waals surface area (Å²) < 4.78 is 0. The highest BCUT2D eigenvalue weighted by Crippen LogP contribution is 2.17. The van der Waals surface area contributed by atoms with E-state index in [1.54, 1.807) is 0 Å². The first-order chi connectivity index (χ1) is 9.09. The van der Waals surface area contributed by atoms with E-state index in [4.69, 9.17) is 0 Å². The van der Waals surface area contributed by atoms with E-state index in [2.05, 4.69) is 31.3 Å². The van der Waals surface area contributed by atoms with Gasteiger partial charge in [-0.25, -0.2) is 0 Å². The van der Waals surface area contributed by atoms with E-state index in [1.807, 2.05) is 24.1 Å². The molecule has 1 atom stereocenters. The fraction of sp³-hybridized carbons (Fsp3) is 0.562. The lowest BCUT2D eigenvalue weighted by molar-refractivity contribution is 0.0708. The van der Waals surface area contributed by atoms with Crippen molar-refractivity contribution in [3.63, 3.8) is 0 Å². The Kier molecular flexibility index (Phi) is 6.50. The van der Waals surface area contributed by atoms with Gasteiger partial charge in [0.25, 0.3) is 5.91 Å². The summed E-state index contributed by atoms with van der Waals surface area (Å²) >= 11 is 0. The van der Waals surface area contributed by atoms with Crippen molar-refractivity contribution in [2.24, 2.45) is 0 Å². The molecule has 1 saturated heterocycles. The van der Waals surface area contributed by atoms with Gasteiger partial charge in [-0.3, -0.25) is 4.79 Å². The Hall–Kier alpha value is -1.06. The first kappa shape index (κ1) is 17.0. The number of hydrogen-bond acceptors (Lipinski definition) is 2. The molecule has 0 spiro atoms. The second-order valence-electron chi connectivity index (χ2n) is 5.69. The lowest BCUT2D eigenvalue weighted by Crippen LogP contribution is -2.46. The molecule has 0 radical (unpaired) electrons. The molecular weight excluding hydrogens is 272 g/mol. The number of rotatable bonds is 3. The van der Waals surface area contributed by atoms with Gasteiger partial charge in [0.15, 0.2) is 0 Å². The second kappa shape index (κ2) is 7.65. The van der Waals surface area contributed by atoms with Crippen molar-refractivity contribution in [1.82, 2.24) is 10.2 Å². The third kappa shape index (κ3) is 3.97. The van der Waals surface area contributed by atoms with Gasteiger partial charge < -0.3 is 10.2 Å². The normalized spacial score (nSPS) is 18.5. The molecule has 1 aromatic rings. The van der Waals surface area contributed by atoms with Crippen molar-refractivity contribution >= 4 is 18.3 Å². The summed E-state index contributed by atoms with van der Waals surface area (Å²) in [5, 5.41) is 3.35. The summed E-state index contributed by atoms with van der Waals surface area (Å²) in [6.45, 7) is 6.31. The van der Waals surface area contributed by atoms with Crippen LogP contribution in [0.25, 0.3) is 0 Å². The van der Waals surface area contributed by atoms with Crippen LogP contribution in [0, 0.1) is 0 Å². The molecular formula is C16H25ClN2O. The standard InChI is InChI=1S/C16H24N2O.ClH/c1-12(2)13-6-8-14(9-7-13)16(19)18(3)15-5-4-10-17-11-15;/h6-9,12,15,17H,4-5,10-11H2,1-3H3;1H. The van der Waals surface area contributed by atoms with Crippen molar-refractivity contribution < 1.29 is 4.79 Å². The predicted molar refractivity (Wildman–Crippen MR) is 85.8 cm³/mol. The maximum absolute atomic E-state index is 12.4. The average Bonchev–Trinajstić information content (AvgIpc) is 2.46. The van der Waals surface area contributed by atoms with Gasteiger partial charge in [0, 0.05) is 25.2 Å². The molecule has 1 aromatic carbocycles. The molecule has 112 valence electrons. The highest BCUT2D eigenvalue weighted by atomic mass is 35.5. The molecule has 1 amide bonds. The van der Waals surface area contributed by atoms with Gasteiger partial charge in [-0.2, -0.15) is 0 Å². The molecule has 2 rings (SSSR count). The Bertz CT molecular complexity index is 425. The number of halogens is 1. The largest absolute Gasteiger partial charge is 0.337 e. The zero-order chi connectivity index (χ0) is 13.8. The third-order valence-corrected chi connectivity index (χ3v) is 3.96. The summed E-state index contributed by atoms with van der Waals surface area (Å²) in [6.07, 6.45) is 2.24. The van der Waals surface area contributed by atoms with Crippen LogP contribution < -0.4 is 5.32 Å². The first-order valence-corrected chi connectivity index (χ1v) is 7.17. The van der Waals surface area contributed by atoms with Crippen LogP contribution in [0.1, 0.15) is 48.5 Å². The molecule has 0 aromatic heterocycles. The highest BCUT2D eigenvalue weighted by Gasteiger charge is 2.22. The fourth-order valence-corrected chi connectivity index (χ4v) is 2.54. The van der Waals surface area contributed by atoms with Crippen LogP contribution in [0.3, 0.4) is 0 Å². The summed E-state index contributed by atoms with van der Waals surface area (Å²) in [7, 11) is 1.91. The number of carbonyl (C=O) groups is 1. The number of amides is 1. The minimum Gasteiger partial charge on any atom is -0.337 e. The molecule has 1 unspecified atom stereocenters. The van der Waals surface area contributed by atoms with Crippen LogP contribution >= 0.6 is 12.4 Å². The smallest absolute Gasteiger partial charge is 0.253 e. The lowest BCUT2D eigenvalue weighted by Gasteiger charge is -2.31. The van der Waals surface area contributed by atoms with Gasteiger partial charge in [0.05, 0.1) is 0 Å². The van der Waals surface area contributed by atoms with Gasteiger partial charge in [0.1, 0.15) is 0 Å². The predicted octanol–water partition coefficient (Wildman–Crippen LogP) is 3.06. The number of hydrogen-bond donors (Lipinski definition) is 1. The van der Waals surface area contributed by atoms with E-state index in [0.29, 0.717) is 12.0 Å². The van der Waals surface area contributed by atoms with Crippen LogP contribution in [0.4, 0.5) is 0 Å². The molecule has 0 aliphatic carbocycles. The molecule has 1 heterocycles. The molecule has 1 aliphatic heterocycles. The SMILES string of the molecule is CC(C)c1ccc(C(=O)N(C)C2CCCNC2)cc1.Cl. The Balaban J connectivity index is 0.00000200. The van der Waals surface area contributed by atoms with E-state index in [9.17, 15) is 4.79 Å². The summed E-state index contributed by atoms with van der Waals surface area (Å²) in [5.74, 6) is 0.633. The molecule has 0 saturated carbocycles. The van der Waals surface area contributed by atoms with Crippen molar-refractivity contribution in [1.29, 1.82) is 0 Å². The molecule has 4 heteroatoms. The molecule has 0 bridgehead atoms. The van der Waals surface area contributed by atoms with E-state index in [0.717, 1.165) is 31.5 Å². The maximum Gasteiger partial charge on any atom is 0.253 e. The first-order valence-electron chi connectivity index (χ1n) is 7.17. The van der Waals surface area contributed by atoms with Crippen molar-refractivity contribution in [3.8, 4) is 0 Å². The fourth-order valence-electron chi connectivity index (χ4n) is 2.54. The average molecular weight is 297 g/mol. The monoisotopic (exact) mass is 296 g/mol. The highest BCUT2D eigenvalue weighted by molar-refractivity contribution is 5.94. The lowest BCUT2D eigenvalue weighted by atomic mass is 10.0. The third-order valence-electron chi connectivity index (χ3n) is 3.96. The molecule has 1 N–H and O–H groups in total. The van der Waals surface area contributed by atoms with E-state index in [-0.39, 0.29) is 18.3 Å². The maximum atomic E-state index is 12.4. The second-order valence-corrected chi connectivity index (χ2v) is 5.69. The number of nitrogens with one attached hydrogen (secondary N) is 1. The topological polar surface area (TPSA) is 32.3 Å². The molecule has 1 fully saturated rings. The number of likely N-dealkylation sites (N-methyl/N-ethyl adjacent to an activating group) is 1. The van der Waals surface area contributed by atoms with Crippen LogP contribution in [0.5, 0.6) is 0 Å². The zero-order valence-electron chi connectivity index (χ0n) is 12.6. The van der Waals surface area contributed by atoms with E-state index < -0.39 is 0 Å². The summed E-state index contributed by atoms with van der Waals surface area (Å²) in [4.78, 5) is 14.3. The Morgan fingerprint density at radius 3 is 2.45 bits per heavy atom. The molecule has 20 heavy (non-hydrogen) atoms. The Morgan fingerprint density at radius 2 is 1.95 bits per heavy atom. The van der Waals surface area contributed by atoms with Gasteiger partial charge in [0.2, 0.25) is 0 Å². The molecule has 3 nitrogen and oxygen atoms in total. The van der Waals surface area contributed by atoms with Gasteiger partial charge in [-0.1, -0.05) is 26.0 Å². The van der Waals surface area contributed by atoms with E-state index >= 15 is 0 Å². The Morgan fingerprint density at radius 1 is 1.30 bits per heavy atom. The minimum atomic E-state index is 0.